The topological polar surface area (TPSA) is 18.5 Å². The van der Waals surface area contributed by atoms with E-state index in [1.54, 1.807) is 0 Å². The Bertz CT molecular complexity index is 388. The largest absolute Gasteiger partial charge is 0.313 e. The lowest BCUT2D eigenvalue weighted by Crippen LogP contribution is -2.37. The maximum absolute atomic E-state index is 3.37. The summed E-state index contributed by atoms with van der Waals surface area (Å²) in [6.07, 6.45) is 1.28. The van der Waals surface area contributed by atoms with Gasteiger partial charge in [0.05, 0.1) is 0 Å². The van der Waals surface area contributed by atoms with Crippen LogP contribution in [0, 0.1) is 0 Å². The summed E-state index contributed by atoms with van der Waals surface area (Å²) in [6.45, 7) is 11.2. The molecule has 0 amide bonds. The van der Waals surface area contributed by atoms with E-state index in [0.29, 0.717) is 6.04 Å². The summed E-state index contributed by atoms with van der Waals surface area (Å²) in [7, 11) is 2.23. The van der Waals surface area contributed by atoms with Gasteiger partial charge in [-0.1, -0.05) is 31.2 Å². The Kier molecular flexibility index (Phi) is 6.02. The van der Waals surface area contributed by atoms with Crippen LogP contribution in [0.2, 0.25) is 0 Å². The molecular weight excluding hydrogens is 246 g/mol. The van der Waals surface area contributed by atoms with Gasteiger partial charge in [0.2, 0.25) is 0 Å². The van der Waals surface area contributed by atoms with E-state index in [-0.39, 0.29) is 0 Å². The number of hydrogen-bond acceptors (Lipinski definition) is 3. The van der Waals surface area contributed by atoms with E-state index in [9.17, 15) is 0 Å². The molecule has 0 aromatic heterocycles. The number of hydrogen-bond donors (Lipinski definition) is 1. The number of nitrogens with one attached hydrogen (secondary N) is 1. The third-order valence-electron chi connectivity index (χ3n) is 4.17. The van der Waals surface area contributed by atoms with Crippen molar-refractivity contribution in [1.82, 2.24) is 15.1 Å². The molecule has 1 atom stereocenters. The van der Waals surface area contributed by atoms with Crippen molar-refractivity contribution in [2.24, 2.45) is 0 Å². The zero-order chi connectivity index (χ0) is 14.4. The van der Waals surface area contributed by atoms with Gasteiger partial charge in [0.25, 0.3) is 0 Å². The highest BCUT2D eigenvalue weighted by Gasteiger charge is 2.19. The van der Waals surface area contributed by atoms with E-state index in [4.69, 9.17) is 0 Å². The summed E-state index contributed by atoms with van der Waals surface area (Å²) < 4.78 is 0. The minimum absolute atomic E-state index is 0.643. The van der Waals surface area contributed by atoms with E-state index in [0.717, 1.165) is 19.6 Å². The average molecular weight is 275 g/mol. The van der Waals surface area contributed by atoms with Crippen LogP contribution >= 0.6 is 0 Å². The molecule has 1 saturated heterocycles. The highest BCUT2D eigenvalue weighted by Crippen LogP contribution is 2.14. The third-order valence-corrected chi connectivity index (χ3v) is 4.17. The SMILES string of the molecule is CCNCc1ccc(CN2CCCN(C)CC2C)cc1. The van der Waals surface area contributed by atoms with E-state index in [1.165, 1.54) is 37.2 Å². The first kappa shape index (κ1) is 15.5. The van der Waals surface area contributed by atoms with Gasteiger partial charge < -0.3 is 10.2 Å². The van der Waals surface area contributed by atoms with Gasteiger partial charge in [0, 0.05) is 32.2 Å². The molecule has 1 aliphatic heterocycles. The van der Waals surface area contributed by atoms with Gasteiger partial charge in [0.15, 0.2) is 0 Å². The molecule has 1 aliphatic rings. The van der Waals surface area contributed by atoms with Crippen LogP contribution in [0.5, 0.6) is 0 Å². The summed E-state index contributed by atoms with van der Waals surface area (Å²) >= 11 is 0. The van der Waals surface area contributed by atoms with Crippen LogP contribution in [0.1, 0.15) is 31.4 Å². The zero-order valence-corrected chi connectivity index (χ0v) is 13.2. The molecule has 0 saturated carbocycles. The summed E-state index contributed by atoms with van der Waals surface area (Å²) in [4.78, 5) is 5.06. The number of nitrogens with zero attached hydrogens (tertiary/aromatic N) is 2. The molecule has 3 heteroatoms. The summed E-state index contributed by atoms with van der Waals surface area (Å²) in [5.41, 5.74) is 2.81. The van der Waals surface area contributed by atoms with Gasteiger partial charge >= 0.3 is 0 Å². The monoisotopic (exact) mass is 275 g/mol. The molecule has 0 aliphatic carbocycles. The number of likely N-dealkylation sites (N-methyl/N-ethyl adjacent to an activating group) is 1. The lowest BCUT2D eigenvalue weighted by Gasteiger charge is -2.28. The predicted octanol–water partition coefficient (Wildman–Crippen LogP) is 2.32. The molecule has 2 rings (SSSR count). The Morgan fingerprint density at radius 1 is 1.15 bits per heavy atom. The van der Waals surface area contributed by atoms with Crippen LogP contribution in [-0.4, -0.2) is 49.1 Å². The second kappa shape index (κ2) is 7.77. The highest BCUT2D eigenvalue weighted by atomic mass is 15.2. The van der Waals surface area contributed by atoms with Crippen molar-refractivity contribution in [3.63, 3.8) is 0 Å². The fourth-order valence-corrected chi connectivity index (χ4v) is 2.92. The second-order valence-electron chi connectivity index (χ2n) is 6.03. The second-order valence-corrected chi connectivity index (χ2v) is 6.03. The van der Waals surface area contributed by atoms with Crippen molar-refractivity contribution in [1.29, 1.82) is 0 Å². The maximum Gasteiger partial charge on any atom is 0.0237 e. The maximum atomic E-state index is 3.37. The first-order valence-corrected chi connectivity index (χ1v) is 7.90. The molecule has 1 unspecified atom stereocenters. The number of benzene rings is 1. The standard InChI is InChI=1S/C17H29N3/c1-4-18-12-16-6-8-17(9-7-16)14-20-11-5-10-19(3)13-15(20)2/h6-9,15,18H,4-5,10-14H2,1-3H3. The van der Waals surface area contributed by atoms with Gasteiger partial charge in [-0.15, -0.1) is 0 Å². The predicted molar refractivity (Wildman–Crippen MR) is 85.8 cm³/mol. The molecule has 0 radical (unpaired) electrons. The lowest BCUT2D eigenvalue weighted by molar-refractivity contribution is 0.194. The van der Waals surface area contributed by atoms with Gasteiger partial charge in [-0.05, 0) is 44.6 Å². The first-order chi connectivity index (χ1) is 9.69. The van der Waals surface area contributed by atoms with E-state index < -0.39 is 0 Å². The summed E-state index contributed by atoms with van der Waals surface area (Å²) in [6, 6.07) is 9.73. The van der Waals surface area contributed by atoms with Crippen LogP contribution in [0.3, 0.4) is 0 Å². The van der Waals surface area contributed by atoms with Crippen molar-refractivity contribution < 1.29 is 0 Å². The molecule has 1 aromatic rings. The highest BCUT2D eigenvalue weighted by molar-refractivity contribution is 5.22. The zero-order valence-electron chi connectivity index (χ0n) is 13.2. The lowest BCUT2D eigenvalue weighted by atomic mass is 10.1. The third kappa shape index (κ3) is 4.58. The van der Waals surface area contributed by atoms with Gasteiger partial charge in [-0.2, -0.15) is 0 Å². The Balaban J connectivity index is 1.91. The molecule has 3 nitrogen and oxygen atoms in total. The number of rotatable bonds is 5. The van der Waals surface area contributed by atoms with Crippen molar-refractivity contribution in [2.75, 3.05) is 33.2 Å². The first-order valence-electron chi connectivity index (χ1n) is 7.90. The van der Waals surface area contributed by atoms with Crippen LogP contribution in [0.15, 0.2) is 24.3 Å². The molecule has 1 fully saturated rings. The summed E-state index contributed by atoms with van der Waals surface area (Å²) in [5, 5.41) is 3.37. The van der Waals surface area contributed by atoms with Gasteiger partial charge in [-0.25, -0.2) is 0 Å². The van der Waals surface area contributed by atoms with E-state index >= 15 is 0 Å². The van der Waals surface area contributed by atoms with Gasteiger partial charge in [-0.3, -0.25) is 4.90 Å². The quantitative estimate of drug-likeness (QED) is 0.890. The Hall–Kier alpha value is -0.900. The Labute approximate surface area is 124 Å². The average Bonchev–Trinajstić information content (AvgIpc) is 2.59. The van der Waals surface area contributed by atoms with Gasteiger partial charge in [0.1, 0.15) is 0 Å². The summed E-state index contributed by atoms with van der Waals surface area (Å²) in [5.74, 6) is 0. The van der Waals surface area contributed by atoms with E-state index in [1.807, 2.05) is 0 Å². The Morgan fingerprint density at radius 3 is 2.55 bits per heavy atom. The van der Waals surface area contributed by atoms with Crippen LogP contribution in [0.4, 0.5) is 0 Å². The molecule has 20 heavy (non-hydrogen) atoms. The normalized spacial score (nSPS) is 21.9. The minimum Gasteiger partial charge on any atom is -0.313 e. The van der Waals surface area contributed by atoms with Crippen molar-refractivity contribution >= 4 is 0 Å². The van der Waals surface area contributed by atoms with Crippen LogP contribution < -0.4 is 5.32 Å². The van der Waals surface area contributed by atoms with Crippen molar-refractivity contribution in [3.8, 4) is 0 Å². The molecule has 0 spiro atoms. The van der Waals surface area contributed by atoms with Crippen molar-refractivity contribution in [2.45, 2.75) is 39.4 Å². The molecule has 112 valence electrons. The van der Waals surface area contributed by atoms with Crippen LogP contribution in [-0.2, 0) is 13.1 Å². The van der Waals surface area contributed by atoms with Crippen LogP contribution in [0.25, 0.3) is 0 Å². The smallest absolute Gasteiger partial charge is 0.0237 e. The molecule has 1 N–H and O–H groups in total. The molecular formula is C17H29N3. The Morgan fingerprint density at radius 2 is 1.85 bits per heavy atom. The molecule has 0 bridgehead atoms. The fraction of sp³-hybridized carbons (Fsp3) is 0.647. The van der Waals surface area contributed by atoms with E-state index in [2.05, 4.69) is 60.3 Å². The molecule has 1 aromatic carbocycles. The molecule has 1 heterocycles. The fourth-order valence-electron chi connectivity index (χ4n) is 2.92. The minimum atomic E-state index is 0.643. The van der Waals surface area contributed by atoms with Crippen molar-refractivity contribution in [3.05, 3.63) is 35.4 Å².